The van der Waals surface area contributed by atoms with E-state index in [9.17, 15) is 4.79 Å². The Kier molecular flexibility index (Phi) is 4.82. The number of piperidine rings is 1. The molecule has 1 saturated heterocycles. The molecule has 0 spiro atoms. The van der Waals surface area contributed by atoms with Crippen molar-refractivity contribution < 1.29 is 4.79 Å². The van der Waals surface area contributed by atoms with Crippen molar-refractivity contribution in [2.45, 2.75) is 25.8 Å². The fraction of sp³-hybridized carbons (Fsp3) is 0.500. The third-order valence-electron chi connectivity index (χ3n) is 3.55. The lowest BCUT2D eigenvalue weighted by Gasteiger charge is -2.32. The molecule has 0 saturated carbocycles. The van der Waals surface area contributed by atoms with Crippen LogP contribution in [0.15, 0.2) is 22.7 Å². The van der Waals surface area contributed by atoms with Gasteiger partial charge in [0.1, 0.15) is 0 Å². The maximum atomic E-state index is 12.3. The largest absolute Gasteiger partial charge is 0.398 e. The van der Waals surface area contributed by atoms with Gasteiger partial charge in [0, 0.05) is 22.7 Å². The number of likely N-dealkylation sites (N-methyl/N-ethyl adjacent to an activating group) is 1. The number of halogens is 1. The molecule has 104 valence electrons. The minimum Gasteiger partial charge on any atom is -0.398 e. The summed E-state index contributed by atoms with van der Waals surface area (Å²) in [5.41, 5.74) is 6.92. The topological polar surface area (TPSA) is 58.4 Å². The lowest BCUT2D eigenvalue weighted by molar-refractivity contribution is 0.0906. The van der Waals surface area contributed by atoms with Gasteiger partial charge >= 0.3 is 0 Å². The molecule has 1 fully saturated rings. The average Bonchev–Trinajstić information content (AvgIpc) is 2.41. The first-order chi connectivity index (χ1) is 9.10. The van der Waals surface area contributed by atoms with Crippen LogP contribution in [0.5, 0.6) is 0 Å². The van der Waals surface area contributed by atoms with Crippen LogP contribution < -0.4 is 11.1 Å². The van der Waals surface area contributed by atoms with Gasteiger partial charge in [-0.05, 0) is 44.1 Å². The molecule has 1 aliphatic heterocycles. The molecule has 1 unspecified atom stereocenters. The fourth-order valence-electron chi connectivity index (χ4n) is 2.45. The molecule has 2 rings (SSSR count). The number of rotatable bonds is 3. The van der Waals surface area contributed by atoms with Crippen molar-refractivity contribution in [3.05, 3.63) is 28.2 Å². The van der Waals surface area contributed by atoms with E-state index in [4.69, 9.17) is 5.73 Å². The normalized spacial score (nSPS) is 20.2. The van der Waals surface area contributed by atoms with Crippen molar-refractivity contribution >= 4 is 27.5 Å². The number of nitrogen functional groups attached to an aromatic ring is 1. The van der Waals surface area contributed by atoms with Crippen LogP contribution in [0.2, 0.25) is 0 Å². The van der Waals surface area contributed by atoms with Gasteiger partial charge in [-0.2, -0.15) is 0 Å². The van der Waals surface area contributed by atoms with Gasteiger partial charge in [0.25, 0.3) is 5.91 Å². The summed E-state index contributed by atoms with van der Waals surface area (Å²) in [5, 5.41) is 3.09. The zero-order chi connectivity index (χ0) is 13.8. The first-order valence-corrected chi connectivity index (χ1v) is 7.47. The highest BCUT2D eigenvalue weighted by Crippen LogP contribution is 2.19. The number of likely N-dealkylation sites (tertiary alicyclic amines) is 1. The highest BCUT2D eigenvalue weighted by molar-refractivity contribution is 9.10. The molecule has 0 bridgehead atoms. The van der Waals surface area contributed by atoms with Gasteiger partial charge in [-0.3, -0.25) is 4.79 Å². The van der Waals surface area contributed by atoms with E-state index >= 15 is 0 Å². The molecule has 4 nitrogen and oxygen atoms in total. The van der Waals surface area contributed by atoms with E-state index in [2.05, 4.69) is 33.1 Å². The predicted octanol–water partition coefficient (Wildman–Crippen LogP) is 2.25. The maximum absolute atomic E-state index is 12.3. The predicted molar refractivity (Wildman–Crippen MR) is 81.2 cm³/mol. The van der Waals surface area contributed by atoms with Crippen molar-refractivity contribution in [2.75, 3.05) is 25.4 Å². The second-order valence-corrected chi connectivity index (χ2v) is 5.85. The number of nitrogens with zero attached hydrogens (tertiary/aromatic N) is 1. The number of nitrogens with one attached hydrogen (secondary N) is 1. The Labute approximate surface area is 122 Å². The van der Waals surface area contributed by atoms with Crippen LogP contribution in [0.4, 0.5) is 5.69 Å². The summed E-state index contributed by atoms with van der Waals surface area (Å²) in [5.74, 6) is -0.0817. The van der Waals surface area contributed by atoms with E-state index in [-0.39, 0.29) is 11.9 Å². The van der Waals surface area contributed by atoms with Crippen molar-refractivity contribution in [1.29, 1.82) is 0 Å². The molecule has 5 heteroatoms. The summed E-state index contributed by atoms with van der Waals surface area (Å²) in [6.45, 7) is 5.24. The molecule has 0 radical (unpaired) electrons. The Morgan fingerprint density at radius 1 is 1.58 bits per heavy atom. The minimum atomic E-state index is -0.0817. The maximum Gasteiger partial charge on any atom is 0.253 e. The van der Waals surface area contributed by atoms with Crippen LogP contribution >= 0.6 is 15.9 Å². The zero-order valence-corrected chi connectivity index (χ0v) is 12.7. The third-order valence-corrected chi connectivity index (χ3v) is 4.04. The standard InChI is InChI=1S/C14H20BrN3O/c1-2-18-7-3-4-11(9-18)17-14(19)12-8-10(15)5-6-13(12)16/h5-6,8,11H,2-4,7,9,16H2,1H3,(H,17,19). The minimum absolute atomic E-state index is 0.0817. The van der Waals surface area contributed by atoms with Crippen LogP contribution in [0.3, 0.4) is 0 Å². The average molecular weight is 326 g/mol. The van der Waals surface area contributed by atoms with Crippen molar-refractivity contribution in [2.24, 2.45) is 0 Å². The van der Waals surface area contributed by atoms with Crippen LogP contribution in [0, 0.1) is 0 Å². The van der Waals surface area contributed by atoms with E-state index < -0.39 is 0 Å². The van der Waals surface area contributed by atoms with Gasteiger partial charge in [-0.1, -0.05) is 22.9 Å². The zero-order valence-electron chi connectivity index (χ0n) is 11.2. The first kappa shape index (κ1) is 14.3. The summed E-state index contributed by atoms with van der Waals surface area (Å²) in [7, 11) is 0. The Bertz CT molecular complexity index is 464. The summed E-state index contributed by atoms with van der Waals surface area (Å²) >= 11 is 3.37. The third kappa shape index (κ3) is 3.70. The second kappa shape index (κ2) is 6.39. The lowest BCUT2D eigenvalue weighted by Crippen LogP contribution is -2.47. The van der Waals surface area contributed by atoms with E-state index in [1.807, 2.05) is 6.07 Å². The molecule has 1 aromatic carbocycles. The quantitative estimate of drug-likeness (QED) is 0.838. The molecule has 1 heterocycles. The molecule has 3 N–H and O–H groups in total. The molecule has 0 aliphatic carbocycles. The number of carbonyl (C=O) groups is 1. The summed E-state index contributed by atoms with van der Waals surface area (Å²) in [6, 6.07) is 5.58. The Balaban J connectivity index is 2.02. The van der Waals surface area contributed by atoms with Gasteiger partial charge in [0.05, 0.1) is 5.56 Å². The van der Waals surface area contributed by atoms with Gasteiger partial charge in [0.15, 0.2) is 0 Å². The van der Waals surface area contributed by atoms with Crippen LogP contribution in [-0.2, 0) is 0 Å². The van der Waals surface area contributed by atoms with E-state index in [1.54, 1.807) is 12.1 Å². The van der Waals surface area contributed by atoms with Crippen molar-refractivity contribution in [3.63, 3.8) is 0 Å². The molecule has 19 heavy (non-hydrogen) atoms. The Hall–Kier alpha value is -1.07. The van der Waals surface area contributed by atoms with Crippen LogP contribution in [0.1, 0.15) is 30.1 Å². The van der Waals surface area contributed by atoms with Gasteiger partial charge in [-0.15, -0.1) is 0 Å². The van der Waals surface area contributed by atoms with Crippen LogP contribution in [-0.4, -0.2) is 36.5 Å². The summed E-state index contributed by atoms with van der Waals surface area (Å²) in [4.78, 5) is 14.6. The Morgan fingerprint density at radius 3 is 3.11 bits per heavy atom. The highest BCUT2D eigenvalue weighted by Gasteiger charge is 2.21. The SMILES string of the molecule is CCN1CCCC(NC(=O)c2cc(Br)ccc2N)C1. The first-order valence-electron chi connectivity index (χ1n) is 6.68. The molecule has 0 aromatic heterocycles. The number of benzene rings is 1. The number of anilines is 1. The van der Waals surface area contributed by atoms with E-state index in [1.165, 1.54) is 0 Å². The monoisotopic (exact) mass is 325 g/mol. The fourth-order valence-corrected chi connectivity index (χ4v) is 2.81. The molecular weight excluding hydrogens is 306 g/mol. The van der Waals surface area contributed by atoms with Crippen molar-refractivity contribution in [1.82, 2.24) is 10.2 Å². The van der Waals surface area contributed by atoms with Gasteiger partial charge in [-0.25, -0.2) is 0 Å². The van der Waals surface area contributed by atoms with Crippen molar-refractivity contribution in [3.8, 4) is 0 Å². The number of amides is 1. The molecule has 1 amide bonds. The van der Waals surface area contributed by atoms with Gasteiger partial charge in [0.2, 0.25) is 0 Å². The second-order valence-electron chi connectivity index (χ2n) is 4.94. The highest BCUT2D eigenvalue weighted by atomic mass is 79.9. The molecule has 1 aliphatic rings. The van der Waals surface area contributed by atoms with Crippen LogP contribution in [0.25, 0.3) is 0 Å². The number of nitrogens with two attached hydrogens (primary N) is 1. The molecular formula is C14H20BrN3O. The summed E-state index contributed by atoms with van der Waals surface area (Å²) in [6.07, 6.45) is 2.17. The van der Waals surface area contributed by atoms with E-state index in [0.717, 1.165) is 36.9 Å². The molecule has 1 aromatic rings. The summed E-state index contributed by atoms with van der Waals surface area (Å²) < 4.78 is 0.866. The number of carbonyl (C=O) groups excluding carboxylic acids is 1. The smallest absolute Gasteiger partial charge is 0.253 e. The lowest BCUT2D eigenvalue weighted by atomic mass is 10.0. The van der Waals surface area contributed by atoms with E-state index in [0.29, 0.717) is 11.3 Å². The Morgan fingerprint density at radius 2 is 2.37 bits per heavy atom. The molecule has 1 atom stereocenters. The van der Waals surface area contributed by atoms with Gasteiger partial charge < -0.3 is 16.0 Å². The number of hydrogen-bond donors (Lipinski definition) is 2. The number of hydrogen-bond acceptors (Lipinski definition) is 3.